The Hall–Kier alpha value is -1.39. The van der Waals surface area contributed by atoms with Crippen molar-refractivity contribution in [3.05, 3.63) is 0 Å². The summed E-state index contributed by atoms with van der Waals surface area (Å²) in [6, 6.07) is -0.957. The molecule has 0 aromatic carbocycles. The zero-order valence-corrected chi connectivity index (χ0v) is 11.1. The van der Waals surface area contributed by atoms with Gasteiger partial charge in [-0.15, -0.1) is 0 Å². The fourth-order valence-electron chi connectivity index (χ4n) is 1.87. The van der Waals surface area contributed by atoms with E-state index in [0.717, 1.165) is 19.3 Å². The van der Waals surface area contributed by atoms with E-state index in [9.17, 15) is 14.4 Å². The molecule has 0 spiro atoms. The lowest BCUT2D eigenvalue weighted by molar-refractivity contribution is -0.142. The number of carboxylic acids is 1. The van der Waals surface area contributed by atoms with Crippen molar-refractivity contribution in [3.8, 4) is 0 Å². The molecule has 5 heteroatoms. The maximum Gasteiger partial charge on any atom is 0.326 e. The number of carbonyl (C=O) groups is 3. The average molecular weight is 257 g/mol. The molecule has 0 unspecified atom stereocenters. The fraction of sp³-hybridized carbons (Fsp3) is 0.769. The lowest BCUT2D eigenvalue weighted by Gasteiger charge is -2.17. The van der Waals surface area contributed by atoms with E-state index in [4.69, 9.17) is 5.11 Å². The molecule has 0 bridgehead atoms. The molecule has 5 nitrogen and oxygen atoms in total. The first-order chi connectivity index (χ1) is 8.54. The molecule has 0 aliphatic carbocycles. The van der Waals surface area contributed by atoms with E-state index in [2.05, 4.69) is 12.2 Å². The molecule has 1 amide bonds. The molecule has 0 heterocycles. The summed E-state index contributed by atoms with van der Waals surface area (Å²) in [5.74, 6) is -1.03. The van der Waals surface area contributed by atoms with Crippen LogP contribution in [0.1, 0.15) is 52.4 Å². The van der Waals surface area contributed by atoms with E-state index in [1.165, 1.54) is 0 Å². The Morgan fingerprint density at radius 1 is 1.28 bits per heavy atom. The third kappa shape index (κ3) is 7.04. The van der Waals surface area contributed by atoms with E-state index in [0.29, 0.717) is 18.6 Å². The molecule has 0 fully saturated rings. The highest BCUT2D eigenvalue weighted by Crippen LogP contribution is 2.15. The van der Waals surface area contributed by atoms with Crippen molar-refractivity contribution in [2.24, 2.45) is 5.92 Å². The molecule has 0 saturated heterocycles. The number of aliphatic carboxylic acids is 1. The van der Waals surface area contributed by atoms with Gasteiger partial charge < -0.3 is 15.2 Å². The molecular formula is C13H23NO4. The predicted molar refractivity (Wildman–Crippen MR) is 68.2 cm³/mol. The van der Waals surface area contributed by atoms with Crippen molar-refractivity contribution in [3.63, 3.8) is 0 Å². The maximum atomic E-state index is 11.7. The third-order valence-corrected chi connectivity index (χ3v) is 2.95. The second kappa shape index (κ2) is 9.62. The molecule has 0 aliphatic rings. The van der Waals surface area contributed by atoms with Crippen molar-refractivity contribution in [2.45, 2.75) is 58.4 Å². The molecule has 0 radical (unpaired) electrons. The Bertz CT molecular complexity index is 278. The SMILES string of the molecule is CCC[C@H](CC)CC(=O)N[C@H](CCC=O)C(=O)O. The topological polar surface area (TPSA) is 83.5 Å². The van der Waals surface area contributed by atoms with Gasteiger partial charge in [-0.1, -0.05) is 33.1 Å². The first-order valence-corrected chi connectivity index (χ1v) is 6.50. The number of nitrogens with one attached hydrogen (secondary N) is 1. The second-order valence-corrected chi connectivity index (χ2v) is 4.47. The van der Waals surface area contributed by atoms with E-state index in [-0.39, 0.29) is 18.7 Å². The van der Waals surface area contributed by atoms with Gasteiger partial charge in [0.1, 0.15) is 12.3 Å². The van der Waals surface area contributed by atoms with Crippen molar-refractivity contribution in [1.29, 1.82) is 0 Å². The summed E-state index contributed by atoms with van der Waals surface area (Å²) in [4.78, 5) is 32.8. The van der Waals surface area contributed by atoms with Crippen LogP contribution in [0.25, 0.3) is 0 Å². The van der Waals surface area contributed by atoms with Crippen molar-refractivity contribution < 1.29 is 19.5 Å². The van der Waals surface area contributed by atoms with Crippen LogP contribution in [0.5, 0.6) is 0 Å². The number of hydrogen-bond donors (Lipinski definition) is 2. The summed E-state index contributed by atoms with van der Waals surface area (Å²) in [5.41, 5.74) is 0. The largest absolute Gasteiger partial charge is 0.480 e. The van der Waals surface area contributed by atoms with Gasteiger partial charge >= 0.3 is 5.97 Å². The lowest BCUT2D eigenvalue weighted by Crippen LogP contribution is -2.41. The van der Waals surface area contributed by atoms with Crippen LogP contribution in [0.3, 0.4) is 0 Å². The third-order valence-electron chi connectivity index (χ3n) is 2.95. The van der Waals surface area contributed by atoms with Crippen molar-refractivity contribution >= 4 is 18.2 Å². The summed E-state index contributed by atoms with van der Waals surface area (Å²) < 4.78 is 0. The standard InChI is InChI=1S/C13H23NO4/c1-3-6-10(4-2)9-12(16)14-11(13(17)18)7-5-8-15/h8,10-11H,3-7,9H2,1-2H3,(H,14,16)(H,17,18)/t10-,11+/m0/s1. The number of carboxylic acid groups (broad SMARTS) is 1. The first-order valence-electron chi connectivity index (χ1n) is 6.50. The van der Waals surface area contributed by atoms with E-state index in [1.807, 2.05) is 6.92 Å². The van der Waals surface area contributed by atoms with Gasteiger partial charge in [0.05, 0.1) is 0 Å². The van der Waals surface area contributed by atoms with E-state index < -0.39 is 12.0 Å². The number of rotatable bonds is 10. The van der Waals surface area contributed by atoms with Gasteiger partial charge in [-0.3, -0.25) is 4.79 Å². The van der Waals surface area contributed by atoms with E-state index >= 15 is 0 Å². The monoisotopic (exact) mass is 257 g/mol. The van der Waals surface area contributed by atoms with Crippen molar-refractivity contribution in [2.75, 3.05) is 0 Å². The Kier molecular flexibility index (Phi) is 8.88. The smallest absolute Gasteiger partial charge is 0.326 e. The highest BCUT2D eigenvalue weighted by atomic mass is 16.4. The van der Waals surface area contributed by atoms with Crippen LogP contribution in [-0.4, -0.2) is 29.3 Å². The summed E-state index contributed by atoms with van der Waals surface area (Å²) in [6.07, 6.45) is 4.20. The molecule has 2 atom stereocenters. The first kappa shape index (κ1) is 16.6. The molecule has 0 aliphatic heterocycles. The van der Waals surface area contributed by atoms with Crippen LogP contribution in [0.15, 0.2) is 0 Å². The van der Waals surface area contributed by atoms with E-state index in [1.54, 1.807) is 0 Å². The molecular weight excluding hydrogens is 234 g/mol. The van der Waals surface area contributed by atoms with Crippen molar-refractivity contribution in [1.82, 2.24) is 5.32 Å². The van der Waals surface area contributed by atoms with Crippen LogP contribution in [0.2, 0.25) is 0 Å². The Labute approximate surface area is 108 Å². The van der Waals surface area contributed by atoms with Crippen LogP contribution in [0.4, 0.5) is 0 Å². The molecule has 0 aromatic heterocycles. The summed E-state index contributed by atoms with van der Waals surface area (Å²) in [6.45, 7) is 4.08. The highest BCUT2D eigenvalue weighted by molar-refractivity contribution is 5.83. The predicted octanol–water partition coefficient (Wildman–Crippen LogP) is 1.75. The molecule has 0 aromatic rings. The maximum absolute atomic E-state index is 11.7. The minimum atomic E-state index is -1.09. The lowest BCUT2D eigenvalue weighted by atomic mass is 9.96. The number of amides is 1. The second-order valence-electron chi connectivity index (χ2n) is 4.47. The summed E-state index contributed by atoms with van der Waals surface area (Å²) in [5, 5.41) is 11.4. The minimum absolute atomic E-state index is 0.142. The molecule has 0 rings (SSSR count). The van der Waals surface area contributed by atoms with Crippen LogP contribution >= 0.6 is 0 Å². The van der Waals surface area contributed by atoms with Gasteiger partial charge in [-0.25, -0.2) is 4.79 Å². The Morgan fingerprint density at radius 2 is 1.94 bits per heavy atom. The molecule has 18 heavy (non-hydrogen) atoms. The molecule has 2 N–H and O–H groups in total. The number of aldehydes is 1. The van der Waals surface area contributed by atoms with Crippen LogP contribution in [-0.2, 0) is 14.4 Å². The quantitative estimate of drug-likeness (QED) is 0.584. The zero-order valence-electron chi connectivity index (χ0n) is 11.1. The van der Waals surface area contributed by atoms with Crippen LogP contribution in [0, 0.1) is 5.92 Å². The van der Waals surface area contributed by atoms with Gasteiger partial charge in [0.15, 0.2) is 0 Å². The average Bonchev–Trinajstić information content (AvgIpc) is 2.33. The number of carbonyl (C=O) groups excluding carboxylic acids is 2. The van der Waals surface area contributed by atoms with Gasteiger partial charge in [-0.2, -0.15) is 0 Å². The molecule has 0 saturated carbocycles. The highest BCUT2D eigenvalue weighted by Gasteiger charge is 2.20. The number of hydrogen-bond acceptors (Lipinski definition) is 3. The van der Waals surface area contributed by atoms with Gasteiger partial charge in [0.25, 0.3) is 0 Å². The van der Waals surface area contributed by atoms with Crippen LogP contribution < -0.4 is 5.32 Å². The normalized spacial score (nSPS) is 13.7. The fourth-order valence-corrected chi connectivity index (χ4v) is 1.87. The van der Waals surface area contributed by atoms with Gasteiger partial charge in [0.2, 0.25) is 5.91 Å². The zero-order chi connectivity index (χ0) is 14.0. The Balaban J connectivity index is 4.23. The minimum Gasteiger partial charge on any atom is -0.480 e. The van der Waals surface area contributed by atoms with Gasteiger partial charge in [0, 0.05) is 12.8 Å². The molecule has 104 valence electrons. The summed E-state index contributed by atoms with van der Waals surface area (Å²) >= 11 is 0. The van der Waals surface area contributed by atoms with Gasteiger partial charge in [-0.05, 0) is 12.3 Å². The summed E-state index contributed by atoms with van der Waals surface area (Å²) in [7, 11) is 0. The Morgan fingerprint density at radius 3 is 2.39 bits per heavy atom.